The molecule has 0 bridgehead atoms. The van der Waals surface area contributed by atoms with Crippen LogP contribution in [0.25, 0.3) is 0 Å². The molecule has 1 aromatic carbocycles. The summed E-state index contributed by atoms with van der Waals surface area (Å²) in [5.41, 5.74) is -1.50. The van der Waals surface area contributed by atoms with Gasteiger partial charge in [-0.05, 0) is 30.9 Å². The number of carbonyl (C=O) groups excluding carboxylic acids is 2. The van der Waals surface area contributed by atoms with Gasteiger partial charge in [-0.1, -0.05) is 25.4 Å². The molecule has 1 aliphatic heterocycles. The Morgan fingerprint density at radius 1 is 1.24 bits per heavy atom. The maximum absolute atomic E-state index is 15.2. The second-order valence-electron chi connectivity index (χ2n) is 8.92. The number of hydrogen-bond donors (Lipinski definition) is 1. The fraction of sp³-hybridized carbons (Fsp3) is 0.478. The van der Waals surface area contributed by atoms with Crippen LogP contribution in [0.5, 0.6) is 0 Å². The number of ether oxygens (including phenoxy) is 2. The summed E-state index contributed by atoms with van der Waals surface area (Å²) in [6.07, 6.45) is -4.34. The minimum absolute atomic E-state index is 0.0490. The molecule has 10 heteroatoms. The van der Waals surface area contributed by atoms with Crippen molar-refractivity contribution in [2.45, 2.75) is 45.7 Å². The molecule has 0 amide bonds. The molecule has 1 unspecified atom stereocenters. The fourth-order valence-corrected chi connectivity index (χ4v) is 4.52. The van der Waals surface area contributed by atoms with Gasteiger partial charge < -0.3 is 14.8 Å². The molecule has 3 rings (SSSR count). The van der Waals surface area contributed by atoms with E-state index in [2.05, 4.69) is 5.32 Å². The lowest BCUT2D eigenvalue weighted by Gasteiger charge is -2.39. The Bertz CT molecular complexity index is 1060. The molecule has 180 valence electrons. The number of esters is 1. The van der Waals surface area contributed by atoms with Gasteiger partial charge >= 0.3 is 12.1 Å². The predicted molar refractivity (Wildman–Crippen MR) is 113 cm³/mol. The lowest BCUT2D eigenvalue weighted by atomic mass is 9.68. The molecule has 0 saturated heterocycles. The van der Waals surface area contributed by atoms with Crippen molar-refractivity contribution in [3.8, 4) is 0 Å². The van der Waals surface area contributed by atoms with E-state index < -0.39 is 45.4 Å². The Hall–Kier alpha value is -2.39. The van der Waals surface area contributed by atoms with Gasteiger partial charge in [-0.2, -0.15) is 13.2 Å². The molecule has 5 nitrogen and oxygen atoms in total. The number of benzene rings is 1. The van der Waals surface area contributed by atoms with Crippen LogP contribution >= 0.6 is 11.6 Å². The van der Waals surface area contributed by atoms with E-state index >= 15 is 4.39 Å². The molecule has 1 N–H and O–H groups in total. The number of nitrogens with one attached hydrogen (secondary N) is 1. The van der Waals surface area contributed by atoms with Crippen molar-refractivity contribution in [1.29, 1.82) is 0 Å². The molecular weight excluding hydrogens is 466 g/mol. The molecule has 0 aromatic heterocycles. The molecule has 1 heterocycles. The summed E-state index contributed by atoms with van der Waals surface area (Å²) >= 11 is 5.83. The molecule has 1 aliphatic carbocycles. The average Bonchev–Trinajstić information content (AvgIpc) is 2.67. The van der Waals surface area contributed by atoms with Crippen molar-refractivity contribution >= 4 is 23.4 Å². The average molecular weight is 490 g/mol. The third kappa shape index (κ3) is 5.09. The first-order valence-corrected chi connectivity index (χ1v) is 10.6. The predicted octanol–water partition coefficient (Wildman–Crippen LogP) is 5.29. The van der Waals surface area contributed by atoms with E-state index in [4.69, 9.17) is 21.1 Å². The van der Waals surface area contributed by atoms with Gasteiger partial charge in [0, 0.05) is 36.1 Å². The van der Waals surface area contributed by atoms with Crippen LogP contribution in [-0.2, 0) is 25.2 Å². The van der Waals surface area contributed by atoms with Crippen molar-refractivity contribution in [2.75, 3.05) is 20.3 Å². The summed E-state index contributed by atoms with van der Waals surface area (Å²) in [5, 5.41) is 2.28. The van der Waals surface area contributed by atoms with E-state index in [9.17, 15) is 22.8 Å². The Morgan fingerprint density at radius 2 is 1.91 bits per heavy atom. The van der Waals surface area contributed by atoms with Crippen LogP contribution in [0.2, 0.25) is 5.02 Å². The Kier molecular flexibility index (Phi) is 6.96. The zero-order valence-electron chi connectivity index (χ0n) is 18.6. The smallest absolute Gasteiger partial charge is 0.416 e. The number of allylic oxidation sites excluding steroid dienone is 3. The number of halogens is 5. The largest absolute Gasteiger partial charge is 0.460 e. The van der Waals surface area contributed by atoms with Gasteiger partial charge in [0.25, 0.3) is 0 Å². The van der Waals surface area contributed by atoms with Crippen molar-refractivity contribution < 1.29 is 36.6 Å². The minimum Gasteiger partial charge on any atom is -0.460 e. The summed E-state index contributed by atoms with van der Waals surface area (Å²) < 4.78 is 65.8. The van der Waals surface area contributed by atoms with Crippen LogP contribution in [-0.4, -0.2) is 32.1 Å². The first-order chi connectivity index (χ1) is 15.3. The Labute approximate surface area is 193 Å². The number of Topliss-reactive ketones (excluding diaryl/α,β-unsaturated/α-hetero) is 1. The van der Waals surface area contributed by atoms with Gasteiger partial charge in [0.2, 0.25) is 0 Å². The highest BCUT2D eigenvalue weighted by atomic mass is 35.5. The second kappa shape index (κ2) is 9.10. The molecule has 1 atom stereocenters. The highest BCUT2D eigenvalue weighted by Crippen LogP contribution is 2.48. The van der Waals surface area contributed by atoms with Crippen molar-refractivity contribution in [3.63, 3.8) is 0 Å². The van der Waals surface area contributed by atoms with Gasteiger partial charge in [-0.15, -0.1) is 0 Å². The number of alkyl halides is 3. The monoisotopic (exact) mass is 489 g/mol. The third-order valence-corrected chi connectivity index (χ3v) is 5.95. The van der Waals surface area contributed by atoms with Crippen LogP contribution in [0, 0.1) is 11.2 Å². The number of ketones is 1. The summed E-state index contributed by atoms with van der Waals surface area (Å²) in [4.78, 5) is 26.1. The van der Waals surface area contributed by atoms with E-state index in [1.807, 2.05) is 13.8 Å². The topological polar surface area (TPSA) is 64.6 Å². The van der Waals surface area contributed by atoms with E-state index in [1.54, 1.807) is 0 Å². The van der Waals surface area contributed by atoms with E-state index in [1.165, 1.54) is 14.0 Å². The quantitative estimate of drug-likeness (QED) is 0.346. The maximum atomic E-state index is 15.2. The van der Waals surface area contributed by atoms with E-state index in [-0.39, 0.29) is 42.3 Å². The molecular formula is C23H24ClF4NO4. The van der Waals surface area contributed by atoms with Gasteiger partial charge in [-0.3, -0.25) is 4.79 Å². The van der Waals surface area contributed by atoms with Crippen molar-refractivity contribution in [1.82, 2.24) is 5.32 Å². The zero-order valence-corrected chi connectivity index (χ0v) is 19.3. The third-order valence-electron chi connectivity index (χ3n) is 5.67. The lowest BCUT2D eigenvalue weighted by molar-refractivity contribution is -0.140. The number of rotatable bonds is 5. The minimum atomic E-state index is -4.81. The highest BCUT2D eigenvalue weighted by Gasteiger charge is 2.45. The van der Waals surface area contributed by atoms with Crippen LogP contribution in [0.4, 0.5) is 17.6 Å². The standard InChI is InChI=1S/C23H24ClF4NO4/c1-11-17(21(31)33-6-5-32-4)18(19-15(29-11)9-22(2,3)10-16(19)30)13-7-12(23(26,27)28)8-14(24)20(13)25/h7-8,18,29H,5-6,9-10H2,1-4H3. The van der Waals surface area contributed by atoms with Gasteiger partial charge in [0.1, 0.15) is 12.4 Å². The van der Waals surface area contributed by atoms with Crippen LogP contribution < -0.4 is 5.32 Å². The van der Waals surface area contributed by atoms with Crippen molar-refractivity contribution in [2.24, 2.45) is 5.41 Å². The Morgan fingerprint density at radius 3 is 2.52 bits per heavy atom. The number of carbonyl (C=O) groups is 2. The Balaban J connectivity index is 2.25. The van der Waals surface area contributed by atoms with Crippen LogP contribution in [0.15, 0.2) is 34.7 Å². The molecule has 1 aromatic rings. The fourth-order valence-electron chi connectivity index (χ4n) is 4.30. The SMILES string of the molecule is COCCOC(=O)C1=C(C)NC2=C(C(=O)CC(C)(C)C2)C1c1cc(C(F)(F)F)cc(Cl)c1F. The highest BCUT2D eigenvalue weighted by molar-refractivity contribution is 6.31. The van der Waals surface area contributed by atoms with Crippen LogP contribution in [0.3, 0.4) is 0 Å². The number of hydrogen-bond acceptors (Lipinski definition) is 5. The van der Waals surface area contributed by atoms with Gasteiger partial charge in [-0.25, -0.2) is 9.18 Å². The van der Waals surface area contributed by atoms with Gasteiger partial charge in [0.15, 0.2) is 5.78 Å². The van der Waals surface area contributed by atoms with Crippen LogP contribution in [0.1, 0.15) is 50.7 Å². The lowest BCUT2D eigenvalue weighted by Crippen LogP contribution is -2.39. The summed E-state index contributed by atoms with van der Waals surface area (Å²) in [6.45, 7) is 5.24. The van der Waals surface area contributed by atoms with E-state index in [0.29, 0.717) is 24.3 Å². The molecule has 2 aliphatic rings. The molecule has 0 saturated carbocycles. The van der Waals surface area contributed by atoms with Crippen molar-refractivity contribution in [3.05, 3.63) is 56.6 Å². The first kappa shape index (κ1) is 25.2. The van der Waals surface area contributed by atoms with E-state index in [0.717, 1.165) is 0 Å². The number of methoxy groups -OCH3 is 1. The maximum Gasteiger partial charge on any atom is 0.416 e. The normalized spacial score (nSPS) is 20.5. The zero-order chi connectivity index (χ0) is 24.7. The summed E-state index contributed by atoms with van der Waals surface area (Å²) in [5.74, 6) is -3.81. The molecule has 0 fully saturated rings. The summed E-state index contributed by atoms with van der Waals surface area (Å²) in [7, 11) is 1.41. The molecule has 0 radical (unpaired) electrons. The van der Waals surface area contributed by atoms with Gasteiger partial charge in [0.05, 0.1) is 28.7 Å². The molecule has 33 heavy (non-hydrogen) atoms. The number of dihydropyridines is 1. The second-order valence-corrected chi connectivity index (χ2v) is 9.32. The summed E-state index contributed by atoms with van der Waals surface area (Å²) in [6, 6.07) is 1.08. The molecule has 0 spiro atoms. The first-order valence-electron chi connectivity index (χ1n) is 10.2.